The van der Waals surface area contributed by atoms with Crippen LogP contribution >= 0.6 is 0 Å². The largest absolute Gasteiger partial charge is 0.384 e. The number of carbonyl (C=O) groups is 1. The van der Waals surface area contributed by atoms with E-state index in [0.29, 0.717) is 17.4 Å². The van der Waals surface area contributed by atoms with Crippen molar-refractivity contribution in [3.63, 3.8) is 0 Å². The third kappa shape index (κ3) is 2.96. The van der Waals surface area contributed by atoms with Gasteiger partial charge in [-0.1, -0.05) is 86.8 Å². The Kier molecular flexibility index (Phi) is 4.76. The second-order valence-electron chi connectivity index (χ2n) is 10.9. The lowest BCUT2D eigenvalue weighted by Gasteiger charge is -2.50. The molecule has 3 aliphatic carbocycles. The molecule has 0 spiro atoms. The molecular weight excluding hydrogens is 376 g/mol. The van der Waals surface area contributed by atoms with E-state index < -0.39 is 22.3 Å². The first-order valence-corrected chi connectivity index (χ1v) is 17.8. The van der Waals surface area contributed by atoms with E-state index in [0.717, 1.165) is 16.7 Å². The Bertz CT molecular complexity index is 896. The fraction of sp³-hybridized carbons (Fsp3) is 0.542. The fourth-order valence-corrected chi connectivity index (χ4v) is 11.1. The first-order valence-electron chi connectivity index (χ1n) is 10.8. The molecule has 0 unspecified atom stereocenters. The van der Waals surface area contributed by atoms with Crippen LogP contribution in [0, 0.1) is 11.8 Å². The highest BCUT2D eigenvalue weighted by Gasteiger charge is 2.50. The van der Waals surface area contributed by atoms with Gasteiger partial charge in [0.25, 0.3) is 0 Å². The lowest BCUT2D eigenvalue weighted by atomic mass is 9.68. The summed E-state index contributed by atoms with van der Waals surface area (Å²) in [5, 5.41) is 14.5. The summed E-state index contributed by atoms with van der Waals surface area (Å²) in [6.45, 7) is 14.4. The van der Waals surface area contributed by atoms with Crippen molar-refractivity contribution in [2.75, 3.05) is 0 Å². The minimum absolute atomic E-state index is 0.174. The number of aliphatic hydroxyl groups excluding tert-OH is 1. The van der Waals surface area contributed by atoms with Crippen molar-refractivity contribution in [2.45, 2.75) is 71.1 Å². The predicted octanol–water partition coefficient (Wildman–Crippen LogP) is 6.08. The second kappa shape index (κ2) is 6.64. The van der Waals surface area contributed by atoms with Crippen LogP contribution in [0.15, 0.2) is 45.8 Å². The first kappa shape index (κ1) is 20.1. The van der Waals surface area contributed by atoms with Gasteiger partial charge >= 0.3 is 0 Å². The molecule has 0 radical (unpaired) electrons. The molecule has 3 atom stereocenters. The van der Waals surface area contributed by atoms with Gasteiger partial charge in [0.2, 0.25) is 0 Å². The predicted molar refractivity (Wildman–Crippen MR) is 122 cm³/mol. The van der Waals surface area contributed by atoms with Crippen molar-refractivity contribution in [2.24, 2.45) is 11.8 Å². The monoisotopic (exact) mass is 410 g/mol. The van der Waals surface area contributed by atoms with Gasteiger partial charge in [0, 0.05) is 11.1 Å². The van der Waals surface area contributed by atoms with Gasteiger partial charge in [-0.2, -0.15) is 0 Å². The van der Waals surface area contributed by atoms with Crippen molar-refractivity contribution in [1.82, 2.24) is 0 Å². The molecule has 0 heterocycles. The summed E-state index contributed by atoms with van der Waals surface area (Å²) in [4.78, 5) is 13.8. The van der Waals surface area contributed by atoms with Gasteiger partial charge in [-0.05, 0) is 35.8 Å². The van der Waals surface area contributed by atoms with E-state index in [2.05, 4.69) is 39.3 Å². The van der Waals surface area contributed by atoms with Gasteiger partial charge in [-0.25, -0.2) is 0 Å². The molecule has 1 aromatic rings. The topological polar surface area (TPSA) is 37.3 Å². The van der Waals surface area contributed by atoms with Crippen molar-refractivity contribution >= 4 is 21.9 Å². The maximum Gasteiger partial charge on any atom is 0.193 e. The Balaban J connectivity index is 2.12. The minimum Gasteiger partial charge on any atom is -0.384 e. The summed E-state index contributed by atoms with van der Waals surface area (Å²) in [5.41, 5.74) is 3.49. The average molecular weight is 411 g/mol. The highest BCUT2D eigenvalue weighted by Crippen LogP contribution is 2.55. The number of ketones is 1. The average Bonchev–Trinajstić information content (AvgIpc) is 2.62. The van der Waals surface area contributed by atoms with Crippen LogP contribution in [0.5, 0.6) is 0 Å². The van der Waals surface area contributed by atoms with E-state index in [4.69, 9.17) is 0 Å². The number of aliphatic hydroxyl groups is 1. The number of hydrogen-bond acceptors (Lipinski definition) is 2. The number of benzene rings is 1. The van der Waals surface area contributed by atoms with E-state index in [9.17, 15) is 9.90 Å². The van der Waals surface area contributed by atoms with Crippen molar-refractivity contribution < 1.29 is 9.90 Å². The molecule has 1 fully saturated rings. The zero-order valence-electron chi connectivity index (χ0n) is 18.2. The molecule has 1 saturated carbocycles. The maximum atomic E-state index is 13.8. The lowest BCUT2D eigenvalue weighted by molar-refractivity contribution is 0.100. The van der Waals surface area contributed by atoms with Gasteiger partial charge in [0.15, 0.2) is 5.78 Å². The molecule has 1 N–H and O–H groups in total. The van der Waals surface area contributed by atoms with Gasteiger partial charge < -0.3 is 5.11 Å². The van der Waals surface area contributed by atoms with E-state index >= 15 is 0 Å². The molecule has 4 rings (SSSR count). The van der Waals surface area contributed by atoms with Gasteiger partial charge in [-0.3, -0.25) is 4.79 Å². The van der Waals surface area contributed by atoms with Crippen molar-refractivity contribution in [1.29, 1.82) is 0 Å². The van der Waals surface area contributed by atoms with E-state index in [1.54, 1.807) is 0 Å². The zero-order valence-corrected chi connectivity index (χ0v) is 20.2. The Morgan fingerprint density at radius 2 is 1.39 bits per heavy atom. The van der Waals surface area contributed by atoms with Gasteiger partial charge in [0.1, 0.15) is 6.10 Å². The van der Waals surface area contributed by atoms with Gasteiger partial charge in [0.05, 0.1) is 16.1 Å². The molecule has 150 valence electrons. The SMILES string of the molecule is C[Si](C)(C)C1=C2C(=O)c3ccccc3[C@@H](O)C2=C([Si](C)(C)C)[C@@H]2CCCC[C@H]12. The van der Waals surface area contributed by atoms with E-state index in [1.807, 2.05) is 24.3 Å². The number of allylic oxidation sites excluding steroid dienone is 2. The third-order valence-corrected chi connectivity index (χ3v) is 11.4. The smallest absolute Gasteiger partial charge is 0.193 e. The fourth-order valence-electron chi connectivity index (χ4n) is 6.14. The zero-order chi connectivity index (χ0) is 20.4. The Hall–Kier alpha value is -1.24. The quantitative estimate of drug-likeness (QED) is 0.599. The van der Waals surface area contributed by atoms with Crippen LogP contribution in [0.4, 0.5) is 0 Å². The van der Waals surface area contributed by atoms with Crippen LogP contribution in [-0.2, 0) is 0 Å². The Labute approximate surface area is 171 Å². The summed E-state index contributed by atoms with van der Waals surface area (Å²) >= 11 is 0. The van der Waals surface area contributed by atoms with Crippen LogP contribution < -0.4 is 0 Å². The highest BCUT2D eigenvalue weighted by molar-refractivity contribution is 6.85. The third-order valence-electron chi connectivity index (χ3n) is 6.95. The van der Waals surface area contributed by atoms with Crippen molar-refractivity contribution in [3.05, 3.63) is 56.9 Å². The number of Topliss-reactive ketones (excluding diaryl/α,β-unsaturated/α-hetero) is 1. The van der Waals surface area contributed by atoms with Crippen molar-refractivity contribution in [3.8, 4) is 0 Å². The summed E-state index contributed by atoms with van der Waals surface area (Å²) in [7, 11) is -3.43. The molecular formula is C24H34O2Si2. The molecule has 0 saturated heterocycles. The van der Waals surface area contributed by atoms with Crippen LogP contribution in [0.2, 0.25) is 39.3 Å². The summed E-state index contributed by atoms with van der Waals surface area (Å²) in [5.74, 6) is 1.23. The number of hydrogen-bond donors (Lipinski definition) is 1. The Morgan fingerprint density at radius 1 is 0.857 bits per heavy atom. The standard InChI is InChI=1S/C24H34O2Si2/c1-27(2,3)23-17-13-9-10-14-18(17)24(28(4,5)6)20-19(23)21(25)15-11-7-8-12-16(15)22(20)26/h7-8,11-12,17-18,21,25H,9-10,13-14H2,1-6H3/t17-,18+,21-/m1/s1. The molecule has 1 aromatic carbocycles. The summed E-state index contributed by atoms with van der Waals surface area (Å²) < 4.78 is 0. The maximum absolute atomic E-state index is 13.8. The van der Waals surface area contributed by atoms with Crippen LogP contribution in [0.25, 0.3) is 0 Å². The molecule has 4 heteroatoms. The van der Waals surface area contributed by atoms with Crippen LogP contribution in [0.1, 0.15) is 47.7 Å². The normalized spacial score (nSPS) is 28.1. The molecule has 0 bridgehead atoms. The van der Waals surface area contributed by atoms with Crippen LogP contribution in [0.3, 0.4) is 0 Å². The van der Waals surface area contributed by atoms with E-state index in [-0.39, 0.29) is 5.78 Å². The minimum atomic E-state index is -1.73. The van der Waals surface area contributed by atoms with Crippen LogP contribution in [-0.4, -0.2) is 27.0 Å². The number of rotatable bonds is 2. The molecule has 28 heavy (non-hydrogen) atoms. The highest BCUT2D eigenvalue weighted by atomic mass is 28.3. The number of fused-ring (bicyclic) bond motifs is 3. The lowest BCUT2D eigenvalue weighted by Crippen LogP contribution is -2.47. The molecule has 0 amide bonds. The Morgan fingerprint density at radius 3 is 1.96 bits per heavy atom. The summed E-state index contributed by atoms with van der Waals surface area (Å²) in [6.07, 6.45) is 4.32. The first-order chi connectivity index (χ1) is 13.0. The summed E-state index contributed by atoms with van der Waals surface area (Å²) in [6, 6.07) is 7.74. The van der Waals surface area contributed by atoms with Gasteiger partial charge in [-0.15, -0.1) is 0 Å². The van der Waals surface area contributed by atoms with E-state index in [1.165, 1.54) is 36.1 Å². The molecule has 2 nitrogen and oxygen atoms in total. The molecule has 0 aliphatic heterocycles. The molecule has 3 aliphatic rings. The molecule has 0 aromatic heterocycles. The second-order valence-corrected chi connectivity index (χ2v) is 21.0. The number of carbonyl (C=O) groups excluding carboxylic acids is 1.